The molecule has 0 radical (unpaired) electrons. The first-order chi connectivity index (χ1) is 22.8. The summed E-state index contributed by atoms with van der Waals surface area (Å²) >= 11 is 0. The van der Waals surface area contributed by atoms with E-state index < -0.39 is 0 Å². The molecule has 0 spiro atoms. The highest BCUT2D eigenvalue weighted by atomic mass is 16.3. The Labute approximate surface area is 267 Å². The number of benzene rings is 8. The Hall–Kier alpha value is -6.12. The fraction of sp³-hybridized carbons (Fsp3) is 0. The van der Waals surface area contributed by atoms with E-state index in [1.165, 1.54) is 38.4 Å². The largest absolute Gasteiger partial charge is 0.455 e. The second-order valence-corrected chi connectivity index (χ2v) is 11.7. The van der Waals surface area contributed by atoms with Gasteiger partial charge in [0.15, 0.2) is 0 Å². The van der Waals surface area contributed by atoms with Crippen molar-refractivity contribution in [3.8, 4) is 22.3 Å². The predicted molar refractivity (Wildman–Crippen MR) is 194 cm³/mol. The Bertz CT molecular complexity index is 2500. The highest BCUT2D eigenvalue weighted by Gasteiger charge is 2.21. The van der Waals surface area contributed by atoms with Crippen LogP contribution in [0.1, 0.15) is 0 Å². The number of fused-ring (bicyclic) bond motifs is 6. The van der Waals surface area contributed by atoms with Crippen molar-refractivity contribution in [1.29, 1.82) is 0 Å². The van der Waals surface area contributed by atoms with Gasteiger partial charge < -0.3 is 9.32 Å². The van der Waals surface area contributed by atoms with Crippen LogP contribution in [0.4, 0.5) is 17.1 Å². The molecule has 216 valence electrons. The minimum Gasteiger partial charge on any atom is -0.455 e. The van der Waals surface area contributed by atoms with Gasteiger partial charge >= 0.3 is 0 Å². The van der Waals surface area contributed by atoms with Gasteiger partial charge in [-0.2, -0.15) is 0 Å². The summed E-state index contributed by atoms with van der Waals surface area (Å²) in [5, 5.41) is 6.92. The van der Waals surface area contributed by atoms with E-state index in [4.69, 9.17) is 4.42 Å². The Morgan fingerprint density at radius 1 is 0.348 bits per heavy atom. The Morgan fingerprint density at radius 2 is 0.891 bits per heavy atom. The average molecular weight is 588 g/mol. The quantitative estimate of drug-likeness (QED) is 0.199. The summed E-state index contributed by atoms with van der Waals surface area (Å²) in [4.78, 5) is 2.39. The highest BCUT2D eigenvalue weighted by molar-refractivity contribution is 6.20. The van der Waals surface area contributed by atoms with E-state index in [0.29, 0.717) is 0 Å². The third-order valence-corrected chi connectivity index (χ3v) is 9.06. The highest BCUT2D eigenvalue weighted by Crippen LogP contribution is 2.46. The van der Waals surface area contributed by atoms with E-state index >= 15 is 0 Å². The monoisotopic (exact) mass is 587 g/mol. The van der Waals surface area contributed by atoms with Crippen LogP contribution in [-0.2, 0) is 0 Å². The van der Waals surface area contributed by atoms with Crippen LogP contribution in [-0.4, -0.2) is 0 Å². The standard InChI is InChI=1S/C44H29NO/c1-2-10-30(11-3-1)31-20-22-32(23-21-31)33-24-27-36(28-25-33)45(40-17-8-14-34-12-4-6-15-37(34)40)41-18-9-19-42-43(41)39-29-26-35-13-5-7-16-38(35)44(39)46-42/h1-29H. The van der Waals surface area contributed by atoms with E-state index in [1.807, 2.05) is 0 Å². The van der Waals surface area contributed by atoms with E-state index in [2.05, 4.69) is 181 Å². The molecule has 0 fully saturated rings. The maximum absolute atomic E-state index is 6.61. The molecule has 0 saturated heterocycles. The number of furan rings is 1. The van der Waals surface area contributed by atoms with Crippen LogP contribution >= 0.6 is 0 Å². The zero-order valence-electron chi connectivity index (χ0n) is 25.1. The van der Waals surface area contributed by atoms with E-state index in [1.54, 1.807) is 0 Å². The van der Waals surface area contributed by atoms with Gasteiger partial charge in [0.2, 0.25) is 0 Å². The van der Waals surface area contributed by atoms with Gasteiger partial charge in [0.1, 0.15) is 11.2 Å². The number of hydrogen-bond acceptors (Lipinski definition) is 2. The molecule has 0 aliphatic carbocycles. The maximum Gasteiger partial charge on any atom is 0.143 e. The minimum absolute atomic E-state index is 0.879. The van der Waals surface area contributed by atoms with Gasteiger partial charge in [-0.3, -0.25) is 0 Å². The lowest BCUT2D eigenvalue weighted by Gasteiger charge is -2.27. The van der Waals surface area contributed by atoms with Crippen molar-refractivity contribution in [2.45, 2.75) is 0 Å². The van der Waals surface area contributed by atoms with Crippen molar-refractivity contribution in [2.24, 2.45) is 0 Å². The summed E-state index contributed by atoms with van der Waals surface area (Å²) in [5.74, 6) is 0. The molecule has 1 heterocycles. The molecule has 2 nitrogen and oxygen atoms in total. The second kappa shape index (κ2) is 10.8. The normalized spacial score (nSPS) is 11.5. The van der Waals surface area contributed by atoms with Crippen LogP contribution in [0.25, 0.3) is 65.7 Å². The van der Waals surface area contributed by atoms with Gasteiger partial charge in [0.05, 0.1) is 16.8 Å². The molecule has 0 atom stereocenters. The molecular formula is C44H29NO. The van der Waals surface area contributed by atoms with Crippen molar-refractivity contribution in [3.63, 3.8) is 0 Å². The third kappa shape index (κ3) is 4.35. The molecule has 0 bridgehead atoms. The summed E-state index contributed by atoms with van der Waals surface area (Å²) in [6, 6.07) is 62.7. The number of anilines is 3. The molecule has 2 heteroatoms. The molecule has 1 aromatic heterocycles. The van der Waals surface area contributed by atoms with Crippen LogP contribution in [0.3, 0.4) is 0 Å². The first-order valence-corrected chi connectivity index (χ1v) is 15.7. The van der Waals surface area contributed by atoms with Gasteiger partial charge in [0, 0.05) is 21.8 Å². The molecule has 9 aromatic rings. The number of hydrogen-bond donors (Lipinski definition) is 0. The first kappa shape index (κ1) is 26.3. The molecule has 0 aliphatic rings. The van der Waals surface area contributed by atoms with Crippen LogP contribution in [0.15, 0.2) is 180 Å². The molecular weight excluding hydrogens is 558 g/mol. The van der Waals surface area contributed by atoms with Crippen LogP contribution in [0.5, 0.6) is 0 Å². The SMILES string of the molecule is c1ccc(-c2ccc(-c3ccc(N(c4cccc5ccccc45)c4cccc5oc6c7ccccc7ccc6c45)cc3)cc2)cc1. The Morgan fingerprint density at radius 3 is 1.63 bits per heavy atom. The van der Waals surface area contributed by atoms with E-state index in [-0.39, 0.29) is 0 Å². The smallest absolute Gasteiger partial charge is 0.143 e. The Kier molecular flexibility index (Phi) is 6.17. The molecule has 0 aliphatic heterocycles. The number of nitrogens with zero attached hydrogens (tertiary/aromatic N) is 1. The molecule has 0 N–H and O–H groups in total. The van der Waals surface area contributed by atoms with Crippen LogP contribution < -0.4 is 4.90 Å². The minimum atomic E-state index is 0.879. The van der Waals surface area contributed by atoms with Crippen LogP contribution in [0, 0.1) is 0 Å². The van der Waals surface area contributed by atoms with Gasteiger partial charge in [-0.1, -0.05) is 140 Å². The van der Waals surface area contributed by atoms with Crippen molar-refractivity contribution in [2.75, 3.05) is 4.90 Å². The second-order valence-electron chi connectivity index (χ2n) is 11.7. The summed E-state index contributed by atoms with van der Waals surface area (Å²) in [6.45, 7) is 0. The summed E-state index contributed by atoms with van der Waals surface area (Å²) in [6.07, 6.45) is 0. The van der Waals surface area contributed by atoms with E-state index in [9.17, 15) is 0 Å². The van der Waals surface area contributed by atoms with Crippen molar-refractivity contribution >= 4 is 60.5 Å². The summed E-state index contributed by atoms with van der Waals surface area (Å²) in [7, 11) is 0. The van der Waals surface area contributed by atoms with Crippen molar-refractivity contribution < 1.29 is 4.42 Å². The lowest BCUT2D eigenvalue weighted by Crippen LogP contribution is -2.10. The third-order valence-electron chi connectivity index (χ3n) is 9.06. The molecule has 9 rings (SSSR count). The predicted octanol–water partition coefficient (Wildman–Crippen LogP) is 12.7. The topological polar surface area (TPSA) is 16.4 Å². The van der Waals surface area contributed by atoms with E-state index in [0.717, 1.165) is 44.4 Å². The summed E-state index contributed by atoms with van der Waals surface area (Å²) in [5.41, 5.74) is 9.92. The molecule has 8 aromatic carbocycles. The zero-order valence-corrected chi connectivity index (χ0v) is 25.1. The van der Waals surface area contributed by atoms with Gasteiger partial charge in [-0.15, -0.1) is 0 Å². The average Bonchev–Trinajstić information content (AvgIpc) is 3.53. The summed E-state index contributed by atoms with van der Waals surface area (Å²) < 4.78 is 6.61. The van der Waals surface area contributed by atoms with Crippen molar-refractivity contribution in [3.05, 3.63) is 176 Å². The van der Waals surface area contributed by atoms with Crippen LogP contribution in [0.2, 0.25) is 0 Å². The zero-order chi connectivity index (χ0) is 30.5. The first-order valence-electron chi connectivity index (χ1n) is 15.7. The molecule has 0 saturated carbocycles. The lowest BCUT2D eigenvalue weighted by molar-refractivity contribution is 0.672. The molecule has 46 heavy (non-hydrogen) atoms. The van der Waals surface area contributed by atoms with Gasteiger partial charge in [0.25, 0.3) is 0 Å². The fourth-order valence-corrected chi connectivity index (χ4v) is 6.82. The van der Waals surface area contributed by atoms with Crippen molar-refractivity contribution in [1.82, 2.24) is 0 Å². The molecule has 0 amide bonds. The maximum atomic E-state index is 6.61. The van der Waals surface area contributed by atoms with Gasteiger partial charge in [-0.25, -0.2) is 0 Å². The molecule has 0 unspecified atom stereocenters. The van der Waals surface area contributed by atoms with Gasteiger partial charge in [-0.05, 0) is 69.4 Å². The fourth-order valence-electron chi connectivity index (χ4n) is 6.82. The lowest BCUT2D eigenvalue weighted by atomic mass is 9.99. The number of rotatable bonds is 5. The Balaban J connectivity index is 1.22.